The highest BCUT2D eigenvalue weighted by molar-refractivity contribution is 5.98. The fourth-order valence-electron chi connectivity index (χ4n) is 2.43. The molecule has 0 radical (unpaired) electrons. The summed E-state index contributed by atoms with van der Waals surface area (Å²) < 4.78 is 7.13. The van der Waals surface area contributed by atoms with Gasteiger partial charge in [0, 0.05) is 11.9 Å². The van der Waals surface area contributed by atoms with E-state index in [4.69, 9.17) is 4.74 Å². The van der Waals surface area contributed by atoms with E-state index in [1.54, 1.807) is 0 Å². The van der Waals surface area contributed by atoms with Gasteiger partial charge in [0.05, 0.1) is 17.7 Å². The number of esters is 1. The van der Waals surface area contributed by atoms with Crippen LogP contribution in [0, 0.1) is 0 Å². The van der Waals surface area contributed by atoms with Crippen molar-refractivity contribution in [3.05, 3.63) is 77.6 Å². The van der Waals surface area contributed by atoms with Gasteiger partial charge >= 0.3 is 5.97 Å². The highest BCUT2D eigenvalue weighted by atomic mass is 16.5. The summed E-state index contributed by atoms with van der Waals surface area (Å²) in [6.07, 6.45) is 5.98. The average Bonchev–Trinajstić information content (AvgIpc) is 2.93. The van der Waals surface area contributed by atoms with E-state index in [0.717, 1.165) is 16.8 Å². The summed E-state index contributed by atoms with van der Waals surface area (Å²) >= 11 is 0. The van der Waals surface area contributed by atoms with E-state index in [0.29, 0.717) is 12.2 Å². The maximum Gasteiger partial charge on any atom is 0.340 e. The number of nitrogens with zero attached hydrogens (tertiary/aromatic N) is 1. The quantitative estimate of drug-likeness (QED) is 0.671. The maximum absolute atomic E-state index is 12.1. The zero-order valence-electron chi connectivity index (χ0n) is 12.4. The Kier molecular flexibility index (Phi) is 4.05. The van der Waals surface area contributed by atoms with Crippen LogP contribution >= 0.6 is 0 Å². The third-order valence-corrected chi connectivity index (χ3v) is 3.45. The van der Waals surface area contributed by atoms with Crippen LogP contribution in [-0.4, -0.2) is 17.0 Å². The molecule has 3 nitrogen and oxygen atoms in total. The Balaban J connectivity index is 2.03. The number of ether oxygens (including phenoxy) is 1. The first-order chi connectivity index (χ1) is 10.8. The standard InChI is InChI=1S/C19H17NO2/c1-2-22-19(21)17-14-16(20-13-7-6-10-18(17)20)12-11-15-8-4-3-5-9-15/h3-14H,2H2,1H3/b12-11+. The SMILES string of the molecule is CCOC(=O)c1cc(/C=C/c2ccccc2)n2ccccc12. The third kappa shape index (κ3) is 2.79. The Morgan fingerprint density at radius 3 is 2.64 bits per heavy atom. The van der Waals surface area contributed by atoms with Gasteiger partial charge in [-0.25, -0.2) is 4.79 Å². The molecule has 3 rings (SSSR count). The van der Waals surface area contributed by atoms with Crippen LogP contribution in [0.3, 0.4) is 0 Å². The first-order valence-electron chi connectivity index (χ1n) is 7.30. The Hall–Kier alpha value is -2.81. The molecule has 1 aromatic carbocycles. The lowest BCUT2D eigenvalue weighted by Gasteiger charge is -2.00. The van der Waals surface area contributed by atoms with Crippen molar-refractivity contribution in [2.45, 2.75) is 6.92 Å². The molecule has 0 atom stereocenters. The van der Waals surface area contributed by atoms with E-state index in [9.17, 15) is 4.79 Å². The molecule has 0 spiro atoms. The second-order valence-electron chi connectivity index (χ2n) is 4.90. The van der Waals surface area contributed by atoms with Crippen LogP contribution in [-0.2, 0) is 4.74 Å². The molecular weight excluding hydrogens is 274 g/mol. The predicted octanol–water partition coefficient (Wildman–Crippen LogP) is 4.29. The van der Waals surface area contributed by atoms with Crippen molar-refractivity contribution in [2.24, 2.45) is 0 Å². The Morgan fingerprint density at radius 2 is 1.86 bits per heavy atom. The molecule has 0 bridgehead atoms. The zero-order valence-corrected chi connectivity index (χ0v) is 12.4. The molecule has 0 unspecified atom stereocenters. The van der Waals surface area contributed by atoms with Gasteiger partial charge in [0.1, 0.15) is 0 Å². The topological polar surface area (TPSA) is 30.7 Å². The molecule has 0 aliphatic rings. The maximum atomic E-state index is 12.1. The second-order valence-corrected chi connectivity index (χ2v) is 4.90. The van der Waals surface area contributed by atoms with E-state index in [-0.39, 0.29) is 5.97 Å². The largest absolute Gasteiger partial charge is 0.462 e. The third-order valence-electron chi connectivity index (χ3n) is 3.45. The lowest BCUT2D eigenvalue weighted by Crippen LogP contribution is -2.03. The highest BCUT2D eigenvalue weighted by Gasteiger charge is 2.14. The van der Waals surface area contributed by atoms with Crippen molar-refractivity contribution in [1.82, 2.24) is 4.40 Å². The number of benzene rings is 1. The molecule has 0 aliphatic heterocycles. The van der Waals surface area contributed by atoms with Gasteiger partial charge in [0.2, 0.25) is 0 Å². The van der Waals surface area contributed by atoms with E-state index in [1.165, 1.54) is 0 Å². The fraction of sp³-hybridized carbons (Fsp3) is 0.105. The van der Waals surface area contributed by atoms with Gasteiger partial charge in [-0.1, -0.05) is 42.5 Å². The molecule has 0 N–H and O–H groups in total. The summed E-state index contributed by atoms with van der Waals surface area (Å²) in [5.74, 6) is -0.287. The van der Waals surface area contributed by atoms with Crippen LogP contribution in [0.4, 0.5) is 0 Å². The van der Waals surface area contributed by atoms with Gasteiger partial charge in [-0.3, -0.25) is 0 Å². The number of fused-ring (bicyclic) bond motifs is 1. The lowest BCUT2D eigenvalue weighted by atomic mass is 10.2. The van der Waals surface area contributed by atoms with Crippen molar-refractivity contribution in [3.63, 3.8) is 0 Å². The highest BCUT2D eigenvalue weighted by Crippen LogP contribution is 2.20. The molecule has 0 fully saturated rings. The molecule has 2 heterocycles. The van der Waals surface area contributed by atoms with E-state index < -0.39 is 0 Å². The number of hydrogen-bond acceptors (Lipinski definition) is 2. The monoisotopic (exact) mass is 291 g/mol. The molecular formula is C19H17NO2. The summed E-state index contributed by atoms with van der Waals surface area (Å²) in [6.45, 7) is 2.19. The smallest absolute Gasteiger partial charge is 0.340 e. The normalized spacial score (nSPS) is 11.1. The molecule has 0 saturated carbocycles. The van der Waals surface area contributed by atoms with E-state index >= 15 is 0 Å². The van der Waals surface area contributed by atoms with Crippen molar-refractivity contribution >= 4 is 23.6 Å². The number of carbonyl (C=O) groups is 1. The second kappa shape index (κ2) is 6.31. The summed E-state index contributed by atoms with van der Waals surface area (Å²) in [4.78, 5) is 12.1. The first kappa shape index (κ1) is 14.1. The molecule has 0 saturated heterocycles. The molecule has 0 aliphatic carbocycles. The molecule has 110 valence electrons. The van der Waals surface area contributed by atoms with Gasteiger partial charge in [0.15, 0.2) is 0 Å². The molecule has 0 amide bonds. The Bertz CT molecular complexity index is 816. The van der Waals surface area contributed by atoms with Crippen molar-refractivity contribution in [1.29, 1.82) is 0 Å². The average molecular weight is 291 g/mol. The number of aromatic nitrogens is 1. The van der Waals surface area contributed by atoms with Crippen LogP contribution in [0.25, 0.3) is 17.7 Å². The van der Waals surface area contributed by atoms with Gasteiger partial charge < -0.3 is 9.14 Å². The predicted molar refractivity (Wildman–Crippen MR) is 88.7 cm³/mol. The summed E-state index contributed by atoms with van der Waals surface area (Å²) in [7, 11) is 0. The molecule has 2 aromatic heterocycles. The number of carbonyl (C=O) groups excluding carboxylic acids is 1. The summed E-state index contributed by atoms with van der Waals surface area (Å²) in [6, 6.07) is 17.7. The fourth-order valence-corrected chi connectivity index (χ4v) is 2.43. The van der Waals surface area contributed by atoms with Gasteiger partial charge in [-0.05, 0) is 36.8 Å². The zero-order chi connectivity index (χ0) is 15.4. The van der Waals surface area contributed by atoms with Crippen LogP contribution in [0.5, 0.6) is 0 Å². The van der Waals surface area contributed by atoms with Crippen LogP contribution < -0.4 is 0 Å². The Labute approximate surface area is 129 Å². The van der Waals surface area contributed by atoms with Crippen LogP contribution in [0.2, 0.25) is 0 Å². The molecule has 3 aromatic rings. The first-order valence-corrected chi connectivity index (χ1v) is 7.30. The minimum absolute atomic E-state index is 0.287. The van der Waals surface area contributed by atoms with Crippen LogP contribution in [0.1, 0.15) is 28.5 Å². The van der Waals surface area contributed by atoms with Crippen LogP contribution in [0.15, 0.2) is 60.8 Å². The van der Waals surface area contributed by atoms with E-state index in [2.05, 4.69) is 0 Å². The van der Waals surface area contributed by atoms with Gasteiger partial charge in [-0.2, -0.15) is 0 Å². The van der Waals surface area contributed by atoms with Gasteiger partial charge in [-0.15, -0.1) is 0 Å². The Morgan fingerprint density at radius 1 is 1.09 bits per heavy atom. The van der Waals surface area contributed by atoms with E-state index in [1.807, 2.05) is 84.3 Å². The van der Waals surface area contributed by atoms with Crippen molar-refractivity contribution < 1.29 is 9.53 Å². The molecule has 22 heavy (non-hydrogen) atoms. The van der Waals surface area contributed by atoms with Crippen molar-refractivity contribution in [3.8, 4) is 0 Å². The number of pyridine rings is 1. The molecule has 3 heteroatoms. The number of hydrogen-bond donors (Lipinski definition) is 0. The number of rotatable bonds is 4. The van der Waals surface area contributed by atoms with Crippen molar-refractivity contribution in [2.75, 3.05) is 6.61 Å². The summed E-state index contributed by atoms with van der Waals surface area (Å²) in [5.41, 5.74) is 3.51. The minimum Gasteiger partial charge on any atom is -0.462 e. The minimum atomic E-state index is -0.287. The van der Waals surface area contributed by atoms with Gasteiger partial charge in [0.25, 0.3) is 0 Å². The summed E-state index contributed by atoms with van der Waals surface area (Å²) in [5, 5.41) is 0. The lowest BCUT2D eigenvalue weighted by molar-refractivity contribution is 0.0529.